The van der Waals surface area contributed by atoms with Crippen LogP contribution in [0.25, 0.3) is 0 Å². The fourth-order valence-corrected chi connectivity index (χ4v) is 6.55. The highest BCUT2D eigenvalue weighted by Gasteiger charge is 2.44. The Balaban J connectivity index is 2.35. The average Bonchev–Trinajstić information content (AvgIpc) is 3.22. The molecule has 9 heteroatoms. The summed E-state index contributed by atoms with van der Waals surface area (Å²) in [7, 11) is 0. The number of carbonyl (C=O) groups excluding carboxylic acids is 1. The third-order valence-electron chi connectivity index (χ3n) is 10.2. The number of unbranched alkanes of at least 4 members (excludes halogenated alkanes) is 14. The maximum Gasteiger partial charge on any atom is 0.220 e. The van der Waals surface area contributed by atoms with E-state index >= 15 is 0 Å². The third kappa shape index (κ3) is 28.7. The summed E-state index contributed by atoms with van der Waals surface area (Å²) >= 11 is 0. The zero-order valence-corrected chi connectivity index (χ0v) is 36.3. The van der Waals surface area contributed by atoms with Crippen LogP contribution in [-0.4, -0.2) is 87.5 Å². The van der Waals surface area contributed by atoms with Crippen molar-refractivity contribution in [1.82, 2.24) is 5.32 Å². The Hall–Kier alpha value is -2.63. The molecule has 1 rings (SSSR count). The van der Waals surface area contributed by atoms with E-state index in [1.54, 1.807) is 6.08 Å². The molecule has 0 aliphatic carbocycles. The molecule has 0 bridgehead atoms. The zero-order valence-electron chi connectivity index (χ0n) is 36.3. The van der Waals surface area contributed by atoms with Crippen molar-refractivity contribution < 1.29 is 39.8 Å². The van der Waals surface area contributed by atoms with E-state index in [4.69, 9.17) is 9.47 Å². The Labute approximate surface area is 352 Å². The summed E-state index contributed by atoms with van der Waals surface area (Å²) in [6.07, 6.45) is 46.2. The second-order valence-corrected chi connectivity index (χ2v) is 15.5. The van der Waals surface area contributed by atoms with E-state index in [9.17, 15) is 30.3 Å². The van der Waals surface area contributed by atoms with Crippen LogP contribution in [0.4, 0.5) is 0 Å². The van der Waals surface area contributed by atoms with Gasteiger partial charge in [0, 0.05) is 6.42 Å². The maximum atomic E-state index is 12.9. The second kappa shape index (κ2) is 38.6. The molecule has 1 heterocycles. The number of allylic oxidation sites excluding steroid dienone is 13. The van der Waals surface area contributed by atoms with Crippen LogP contribution in [0.15, 0.2) is 85.1 Å². The highest BCUT2D eigenvalue weighted by Crippen LogP contribution is 2.22. The molecule has 0 aromatic heterocycles. The number of aliphatic hydroxyl groups excluding tert-OH is 5. The predicted octanol–water partition coefficient (Wildman–Crippen LogP) is 9.55. The van der Waals surface area contributed by atoms with Crippen molar-refractivity contribution in [3.8, 4) is 0 Å². The van der Waals surface area contributed by atoms with Crippen molar-refractivity contribution in [2.24, 2.45) is 0 Å². The van der Waals surface area contributed by atoms with E-state index in [0.29, 0.717) is 6.42 Å². The van der Waals surface area contributed by atoms with Crippen molar-refractivity contribution in [3.63, 3.8) is 0 Å². The van der Waals surface area contributed by atoms with Gasteiger partial charge >= 0.3 is 0 Å². The molecule has 0 radical (unpaired) electrons. The standard InChI is InChI=1S/C49H83NO8/c1-3-5-7-9-11-13-15-17-18-19-20-21-22-23-24-25-26-27-29-31-33-35-37-39-45(53)50-42(41-57-49-48(56)47(55)46(54)44(40-51)58-49)43(52)38-36-34-32-30-28-16-14-12-10-8-6-4-2/h5,7,11,13,17-18,20-21,23-24,28,30,36,38,42-44,46-49,51-52,54-56H,3-4,6,8-10,12,14-16,19,22,25-27,29,31-35,37,39-41H2,1-2H3,(H,50,53)/b7-5-,13-11-,18-17-,21-20-,24-23-,30-28+,38-36+. The van der Waals surface area contributed by atoms with E-state index < -0.39 is 49.5 Å². The number of nitrogens with one attached hydrogen (secondary N) is 1. The summed E-state index contributed by atoms with van der Waals surface area (Å²) in [5.74, 6) is -0.204. The Morgan fingerprint density at radius 1 is 0.603 bits per heavy atom. The van der Waals surface area contributed by atoms with Gasteiger partial charge in [-0.2, -0.15) is 0 Å². The minimum Gasteiger partial charge on any atom is -0.394 e. The molecular formula is C49H83NO8. The lowest BCUT2D eigenvalue weighted by atomic mass is 9.99. The summed E-state index contributed by atoms with van der Waals surface area (Å²) < 4.78 is 11.2. The fourth-order valence-electron chi connectivity index (χ4n) is 6.55. The zero-order chi connectivity index (χ0) is 42.3. The molecule has 0 aromatic carbocycles. The van der Waals surface area contributed by atoms with E-state index in [0.717, 1.165) is 83.5 Å². The van der Waals surface area contributed by atoms with E-state index in [1.807, 2.05) is 6.08 Å². The van der Waals surface area contributed by atoms with Gasteiger partial charge in [0.25, 0.3) is 0 Å². The van der Waals surface area contributed by atoms with Crippen LogP contribution in [0.5, 0.6) is 0 Å². The molecule has 6 N–H and O–H groups in total. The van der Waals surface area contributed by atoms with E-state index in [2.05, 4.69) is 92.1 Å². The van der Waals surface area contributed by atoms with Gasteiger partial charge in [0.1, 0.15) is 24.4 Å². The molecule has 7 unspecified atom stereocenters. The number of aliphatic hydroxyl groups is 5. The molecule has 1 amide bonds. The van der Waals surface area contributed by atoms with Crippen LogP contribution < -0.4 is 5.32 Å². The van der Waals surface area contributed by atoms with Crippen LogP contribution in [0.1, 0.15) is 162 Å². The topological polar surface area (TPSA) is 149 Å². The van der Waals surface area contributed by atoms with Gasteiger partial charge in [-0.15, -0.1) is 0 Å². The van der Waals surface area contributed by atoms with Crippen molar-refractivity contribution in [1.29, 1.82) is 0 Å². The Morgan fingerprint density at radius 3 is 1.66 bits per heavy atom. The van der Waals surface area contributed by atoms with Gasteiger partial charge in [-0.1, -0.05) is 163 Å². The number of hydrogen-bond acceptors (Lipinski definition) is 8. The Bertz CT molecular complexity index is 1180. The quantitative estimate of drug-likeness (QED) is 0.0271. The molecule has 58 heavy (non-hydrogen) atoms. The molecule has 1 aliphatic rings. The first-order valence-corrected chi connectivity index (χ1v) is 22.8. The maximum absolute atomic E-state index is 12.9. The molecule has 0 spiro atoms. The van der Waals surface area contributed by atoms with Crippen molar-refractivity contribution >= 4 is 5.91 Å². The normalized spacial score (nSPS) is 21.7. The lowest BCUT2D eigenvalue weighted by Crippen LogP contribution is -2.60. The van der Waals surface area contributed by atoms with Crippen LogP contribution in [0.2, 0.25) is 0 Å². The molecule has 7 atom stereocenters. The Kier molecular flexibility index (Phi) is 35.5. The molecule has 1 fully saturated rings. The van der Waals surface area contributed by atoms with E-state index in [-0.39, 0.29) is 12.5 Å². The molecule has 0 aromatic rings. The number of ether oxygens (including phenoxy) is 2. The number of rotatable bonds is 36. The summed E-state index contributed by atoms with van der Waals surface area (Å²) in [5, 5.41) is 54.1. The summed E-state index contributed by atoms with van der Waals surface area (Å²) in [6, 6.07) is -0.831. The Morgan fingerprint density at radius 2 is 1.09 bits per heavy atom. The monoisotopic (exact) mass is 814 g/mol. The predicted molar refractivity (Wildman–Crippen MR) is 239 cm³/mol. The molecule has 1 aliphatic heterocycles. The van der Waals surface area contributed by atoms with Gasteiger partial charge in [0.05, 0.1) is 25.4 Å². The number of amides is 1. The fraction of sp³-hybridized carbons (Fsp3) is 0.694. The molecule has 0 saturated carbocycles. The van der Waals surface area contributed by atoms with Gasteiger partial charge in [0.2, 0.25) is 5.91 Å². The summed E-state index contributed by atoms with van der Waals surface area (Å²) in [5.41, 5.74) is 0. The second-order valence-electron chi connectivity index (χ2n) is 15.5. The lowest BCUT2D eigenvalue weighted by Gasteiger charge is -2.40. The average molecular weight is 814 g/mol. The van der Waals surface area contributed by atoms with E-state index in [1.165, 1.54) is 57.8 Å². The first kappa shape index (κ1) is 53.4. The first-order valence-electron chi connectivity index (χ1n) is 22.8. The highest BCUT2D eigenvalue weighted by molar-refractivity contribution is 5.76. The van der Waals surface area contributed by atoms with Crippen LogP contribution in [0.3, 0.4) is 0 Å². The van der Waals surface area contributed by atoms with Gasteiger partial charge < -0.3 is 40.3 Å². The van der Waals surface area contributed by atoms with Crippen LogP contribution in [0, 0.1) is 0 Å². The van der Waals surface area contributed by atoms with Crippen LogP contribution >= 0.6 is 0 Å². The summed E-state index contributed by atoms with van der Waals surface area (Å²) in [4.78, 5) is 12.9. The SMILES string of the molecule is CC/C=C\C/C=C\C/C=C\C/C=C\C/C=C\CCCCCCCCCC(=O)NC(COC1OC(CO)C(O)C(O)C1O)C(O)/C=C/CC/C=C/CCCCCCCC. The smallest absolute Gasteiger partial charge is 0.220 e. The molecule has 332 valence electrons. The van der Waals surface area contributed by atoms with Gasteiger partial charge in [0.15, 0.2) is 6.29 Å². The van der Waals surface area contributed by atoms with Gasteiger partial charge in [-0.25, -0.2) is 0 Å². The molecular weight excluding hydrogens is 731 g/mol. The number of carbonyl (C=O) groups is 1. The van der Waals surface area contributed by atoms with Crippen molar-refractivity contribution in [2.45, 2.75) is 204 Å². The molecule has 1 saturated heterocycles. The van der Waals surface area contributed by atoms with Gasteiger partial charge in [-0.3, -0.25) is 4.79 Å². The minimum absolute atomic E-state index is 0.204. The molecule has 9 nitrogen and oxygen atoms in total. The summed E-state index contributed by atoms with van der Waals surface area (Å²) in [6.45, 7) is 3.59. The lowest BCUT2D eigenvalue weighted by molar-refractivity contribution is -0.302. The van der Waals surface area contributed by atoms with Gasteiger partial charge in [-0.05, 0) is 77.0 Å². The first-order chi connectivity index (χ1) is 28.3. The minimum atomic E-state index is -1.58. The highest BCUT2D eigenvalue weighted by atomic mass is 16.7. The van der Waals surface area contributed by atoms with Crippen LogP contribution in [-0.2, 0) is 14.3 Å². The number of hydrogen-bond donors (Lipinski definition) is 6. The van der Waals surface area contributed by atoms with Crippen molar-refractivity contribution in [3.05, 3.63) is 85.1 Å². The van der Waals surface area contributed by atoms with Crippen molar-refractivity contribution in [2.75, 3.05) is 13.2 Å². The largest absolute Gasteiger partial charge is 0.394 e. The third-order valence-corrected chi connectivity index (χ3v) is 10.2.